The van der Waals surface area contributed by atoms with Gasteiger partial charge < -0.3 is 5.32 Å². The molecule has 1 N–H and O–H groups in total. The van der Waals surface area contributed by atoms with Crippen LogP contribution in [0, 0.1) is 11.6 Å². The van der Waals surface area contributed by atoms with Crippen LogP contribution in [0.2, 0.25) is 0 Å². The molecule has 0 radical (unpaired) electrons. The summed E-state index contributed by atoms with van der Waals surface area (Å²) in [6, 6.07) is 9.88. The van der Waals surface area contributed by atoms with Crippen molar-refractivity contribution in [1.29, 1.82) is 0 Å². The summed E-state index contributed by atoms with van der Waals surface area (Å²) in [5.74, 6) is -1.01. The van der Waals surface area contributed by atoms with Crippen LogP contribution in [0.3, 0.4) is 0 Å². The lowest BCUT2D eigenvalue weighted by molar-refractivity contribution is 0.574. The molecule has 0 aromatic heterocycles. The molecule has 1 heterocycles. The normalized spacial score (nSPS) is 13.8. The Morgan fingerprint density at radius 1 is 1.05 bits per heavy atom. The van der Waals surface area contributed by atoms with Crippen molar-refractivity contribution in [3.05, 3.63) is 64.7 Å². The van der Waals surface area contributed by atoms with Gasteiger partial charge in [0.05, 0.1) is 0 Å². The predicted octanol–water partition coefficient (Wildman–Crippen LogP) is 3.91. The second-order valence-corrected chi connectivity index (χ2v) is 4.89. The van der Waals surface area contributed by atoms with E-state index in [1.54, 1.807) is 0 Å². The van der Waals surface area contributed by atoms with E-state index in [1.807, 2.05) is 12.1 Å². The third-order valence-electron chi connectivity index (χ3n) is 3.56. The molecule has 0 unspecified atom stereocenters. The fourth-order valence-electron chi connectivity index (χ4n) is 2.60. The van der Waals surface area contributed by atoms with Crippen molar-refractivity contribution in [3.8, 4) is 0 Å². The Kier molecular flexibility index (Phi) is 3.20. The molecular formula is C16H15F2N. The Morgan fingerprint density at radius 3 is 2.79 bits per heavy atom. The zero-order valence-corrected chi connectivity index (χ0v) is 10.5. The fraction of sp³-hybridized carbons (Fsp3) is 0.250. The van der Waals surface area contributed by atoms with Crippen LogP contribution in [0.25, 0.3) is 0 Å². The van der Waals surface area contributed by atoms with Crippen LogP contribution < -0.4 is 5.32 Å². The molecule has 0 atom stereocenters. The average Bonchev–Trinajstić information content (AvgIpc) is 2.42. The Morgan fingerprint density at radius 2 is 1.95 bits per heavy atom. The van der Waals surface area contributed by atoms with Gasteiger partial charge in [0.25, 0.3) is 0 Å². The van der Waals surface area contributed by atoms with Crippen LogP contribution in [0.1, 0.15) is 23.1 Å². The molecule has 19 heavy (non-hydrogen) atoms. The number of hydrogen-bond acceptors (Lipinski definition) is 1. The van der Waals surface area contributed by atoms with Crippen LogP contribution in [0.5, 0.6) is 0 Å². The van der Waals surface area contributed by atoms with E-state index in [-0.39, 0.29) is 0 Å². The van der Waals surface area contributed by atoms with Crippen molar-refractivity contribution < 1.29 is 8.78 Å². The minimum absolute atomic E-state index is 0.478. The number of benzene rings is 2. The van der Waals surface area contributed by atoms with Gasteiger partial charge in [-0.3, -0.25) is 0 Å². The van der Waals surface area contributed by atoms with E-state index in [1.165, 1.54) is 17.7 Å². The maximum absolute atomic E-state index is 13.7. The highest BCUT2D eigenvalue weighted by Gasteiger charge is 2.14. The number of rotatable bonds is 2. The number of halogens is 2. The van der Waals surface area contributed by atoms with Gasteiger partial charge in [0.2, 0.25) is 0 Å². The molecule has 0 saturated heterocycles. The third-order valence-corrected chi connectivity index (χ3v) is 3.56. The second kappa shape index (κ2) is 5.00. The molecule has 2 aromatic carbocycles. The zero-order valence-electron chi connectivity index (χ0n) is 10.5. The summed E-state index contributed by atoms with van der Waals surface area (Å²) < 4.78 is 26.6. The van der Waals surface area contributed by atoms with Gasteiger partial charge in [-0.15, -0.1) is 0 Å². The highest BCUT2D eigenvalue weighted by Crippen LogP contribution is 2.28. The van der Waals surface area contributed by atoms with Crippen LogP contribution in [0.15, 0.2) is 36.4 Å². The number of fused-ring (bicyclic) bond motifs is 1. The van der Waals surface area contributed by atoms with Gasteiger partial charge in [-0.25, -0.2) is 8.78 Å². The Labute approximate surface area is 111 Å². The minimum atomic E-state index is -0.533. The van der Waals surface area contributed by atoms with Crippen LogP contribution in [-0.4, -0.2) is 6.54 Å². The number of anilines is 1. The maximum atomic E-state index is 13.7. The standard InChI is InChI=1S/C16H15F2N/c17-14-7-6-12(15(18)10-14)9-13-4-1-3-11-5-2-8-19-16(11)13/h1,3-4,6-7,10,19H,2,5,8-9H2. The largest absolute Gasteiger partial charge is 0.385 e. The Bertz CT molecular complexity index is 608. The van der Waals surface area contributed by atoms with E-state index >= 15 is 0 Å². The number of nitrogens with one attached hydrogen (secondary N) is 1. The van der Waals surface area contributed by atoms with Crippen molar-refractivity contribution >= 4 is 5.69 Å². The second-order valence-electron chi connectivity index (χ2n) is 4.89. The third kappa shape index (κ3) is 2.46. The van der Waals surface area contributed by atoms with Crippen molar-refractivity contribution in [2.45, 2.75) is 19.3 Å². The van der Waals surface area contributed by atoms with E-state index in [2.05, 4.69) is 11.4 Å². The quantitative estimate of drug-likeness (QED) is 0.862. The maximum Gasteiger partial charge on any atom is 0.129 e. The first-order valence-electron chi connectivity index (χ1n) is 6.52. The molecule has 0 bridgehead atoms. The monoisotopic (exact) mass is 259 g/mol. The summed E-state index contributed by atoms with van der Waals surface area (Å²) in [7, 11) is 0. The van der Waals surface area contributed by atoms with Crippen molar-refractivity contribution in [1.82, 2.24) is 0 Å². The molecule has 0 aliphatic carbocycles. The molecule has 1 aliphatic heterocycles. The lowest BCUT2D eigenvalue weighted by Gasteiger charge is -2.21. The molecular weight excluding hydrogens is 244 g/mol. The van der Waals surface area contributed by atoms with Gasteiger partial charge in [-0.2, -0.15) is 0 Å². The predicted molar refractivity (Wildman–Crippen MR) is 72.4 cm³/mol. The average molecular weight is 259 g/mol. The summed E-state index contributed by atoms with van der Waals surface area (Å²) in [4.78, 5) is 0. The minimum Gasteiger partial charge on any atom is -0.385 e. The SMILES string of the molecule is Fc1ccc(Cc2cccc3c2NCCC3)c(F)c1. The molecule has 3 rings (SSSR count). The molecule has 1 nitrogen and oxygen atoms in total. The fourth-order valence-corrected chi connectivity index (χ4v) is 2.60. The van der Waals surface area contributed by atoms with Gasteiger partial charge in [0, 0.05) is 24.7 Å². The topological polar surface area (TPSA) is 12.0 Å². The Balaban J connectivity index is 1.95. The molecule has 3 heteroatoms. The molecule has 98 valence electrons. The van der Waals surface area contributed by atoms with E-state index < -0.39 is 11.6 Å². The highest BCUT2D eigenvalue weighted by molar-refractivity contribution is 5.60. The van der Waals surface area contributed by atoms with Crippen LogP contribution >= 0.6 is 0 Å². The van der Waals surface area contributed by atoms with E-state index in [0.29, 0.717) is 12.0 Å². The summed E-state index contributed by atoms with van der Waals surface area (Å²) in [6.07, 6.45) is 2.67. The molecule has 0 amide bonds. The van der Waals surface area contributed by atoms with Crippen molar-refractivity contribution in [3.63, 3.8) is 0 Å². The first kappa shape index (κ1) is 12.2. The molecule has 0 saturated carbocycles. The smallest absolute Gasteiger partial charge is 0.129 e. The molecule has 1 aliphatic rings. The summed E-state index contributed by atoms with van der Waals surface area (Å²) >= 11 is 0. The van der Waals surface area contributed by atoms with Gasteiger partial charge in [0.15, 0.2) is 0 Å². The summed E-state index contributed by atoms with van der Waals surface area (Å²) in [5.41, 5.74) is 4.01. The van der Waals surface area contributed by atoms with Crippen LogP contribution in [0.4, 0.5) is 14.5 Å². The van der Waals surface area contributed by atoms with Gasteiger partial charge in [-0.05, 0) is 35.6 Å². The summed E-state index contributed by atoms with van der Waals surface area (Å²) in [6.45, 7) is 0.954. The lowest BCUT2D eigenvalue weighted by atomic mass is 9.95. The van der Waals surface area contributed by atoms with Gasteiger partial charge in [0.1, 0.15) is 11.6 Å². The van der Waals surface area contributed by atoms with E-state index in [9.17, 15) is 8.78 Å². The molecule has 0 spiro atoms. The first-order valence-corrected chi connectivity index (χ1v) is 6.52. The molecule has 0 fully saturated rings. The first-order chi connectivity index (χ1) is 9.24. The summed E-state index contributed by atoms with van der Waals surface area (Å²) in [5, 5.41) is 3.39. The van der Waals surface area contributed by atoms with Gasteiger partial charge in [-0.1, -0.05) is 24.3 Å². The zero-order chi connectivity index (χ0) is 13.2. The Hall–Kier alpha value is -1.90. The number of hydrogen-bond donors (Lipinski definition) is 1. The van der Waals surface area contributed by atoms with E-state index in [4.69, 9.17) is 0 Å². The van der Waals surface area contributed by atoms with Gasteiger partial charge >= 0.3 is 0 Å². The highest BCUT2D eigenvalue weighted by atomic mass is 19.1. The van der Waals surface area contributed by atoms with E-state index in [0.717, 1.165) is 36.7 Å². The van der Waals surface area contributed by atoms with Crippen molar-refractivity contribution in [2.24, 2.45) is 0 Å². The van der Waals surface area contributed by atoms with Crippen LogP contribution in [-0.2, 0) is 12.8 Å². The lowest BCUT2D eigenvalue weighted by Crippen LogP contribution is -2.14. The van der Waals surface area contributed by atoms with Crippen molar-refractivity contribution in [2.75, 3.05) is 11.9 Å². The number of aryl methyl sites for hydroxylation is 1. The number of para-hydroxylation sites is 1. The molecule has 2 aromatic rings.